The van der Waals surface area contributed by atoms with Gasteiger partial charge in [-0.25, -0.2) is 9.37 Å². The van der Waals surface area contributed by atoms with Gasteiger partial charge in [-0.15, -0.1) is 0 Å². The molecule has 0 spiro atoms. The fourth-order valence-corrected chi connectivity index (χ4v) is 2.48. The van der Waals surface area contributed by atoms with E-state index in [1.54, 1.807) is 10.9 Å². The Hall–Kier alpha value is -2.22. The summed E-state index contributed by atoms with van der Waals surface area (Å²) in [6.07, 6.45) is 6.95. The molecule has 1 aliphatic rings. The summed E-state index contributed by atoms with van der Waals surface area (Å²) in [6.45, 7) is 1.70. The molecule has 0 aliphatic carbocycles. The first-order valence-electron chi connectivity index (χ1n) is 6.91. The van der Waals surface area contributed by atoms with Crippen molar-refractivity contribution in [2.24, 2.45) is 7.05 Å². The monoisotopic (exact) mass is 291 g/mol. The third-order valence-corrected chi connectivity index (χ3v) is 3.57. The van der Waals surface area contributed by atoms with Gasteiger partial charge in [0, 0.05) is 25.8 Å². The van der Waals surface area contributed by atoms with Gasteiger partial charge in [-0.1, -0.05) is 0 Å². The number of aromatic nitrogens is 4. The van der Waals surface area contributed by atoms with Crippen LogP contribution in [0.25, 0.3) is 0 Å². The molecule has 1 saturated heterocycles. The first-order chi connectivity index (χ1) is 10.1. The number of halogens is 1. The van der Waals surface area contributed by atoms with Gasteiger partial charge < -0.3 is 16.0 Å². The van der Waals surface area contributed by atoms with Gasteiger partial charge in [0.25, 0.3) is 0 Å². The molecular formula is C13H18FN7. The molecule has 0 amide bonds. The minimum absolute atomic E-state index is 0.145. The summed E-state index contributed by atoms with van der Waals surface area (Å²) < 4.78 is 15.0. The second kappa shape index (κ2) is 5.65. The molecule has 0 unspecified atom stereocenters. The van der Waals surface area contributed by atoms with E-state index >= 15 is 0 Å². The largest absolute Gasteiger partial charge is 0.381 e. The number of aryl methyl sites for hydroxylation is 1. The Morgan fingerprint density at radius 3 is 3.00 bits per heavy atom. The Bertz CT molecular complexity index is 621. The Balaban J connectivity index is 1.92. The second-order valence-electron chi connectivity index (χ2n) is 5.18. The number of hydrogen-bond acceptors (Lipinski definition) is 6. The van der Waals surface area contributed by atoms with Gasteiger partial charge in [0.05, 0.1) is 18.1 Å². The van der Waals surface area contributed by atoms with Crippen molar-refractivity contribution >= 4 is 17.5 Å². The third-order valence-electron chi connectivity index (χ3n) is 3.57. The third kappa shape index (κ3) is 2.94. The fraction of sp³-hybridized carbons (Fsp3) is 0.462. The maximum Gasteiger partial charge on any atom is 0.232 e. The lowest BCUT2D eigenvalue weighted by atomic mass is 10.2. The smallest absolute Gasteiger partial charge is 0.232 e. The number of rotatable bonds is 4. The van der Waals surface area contributed by atoms with Crippen molar-refractivity contribution < 1.29 is 4.39 Å². The number of nitrogens with zero attached hydrogens (tertiary/aromatic N) is 5. The van der Waals surface area contributed by atoms with Gasteiger partial charge in [0.15, 0.2) is 11.6 Å². The van der Waals surface area contributed by atoms with Crippen LogP contribution in [0, 0.1) is 5.82 Å². The van der Waals surface area contributed by atoms with E-state index < -0.39 is 5.82 Å². The molecule has 112 valence electrons. The van der Waals surface area contributed by atoms with Crippen molar-refractivity contribution in [3.63, 3.8) is 0 Å². The van der Waals surface area contributed by atoms with Gasteiger partial charge in [-0.2, -0.15) is 10.1 Å². The predicted octanol–water partition coefficient (Wildman–Crippen LogP) is 0.821. The van der Waals surface area contributed by atoms with E-state index in [0.717, 1.165) is 31.3 Å². The lowest BCUT2D eigenvalue weighted by Gasteiger charge is -2.24. The van der Waals surface area contributed by atoms with E-state index in [2.05, 4.69) is 20.4 Å². The standard InChI is InChI=1S/C13H18FN7/c1-20-8-10(5-18-20)21(7-9-3-2-4-16-9)13-17-6-11(14)12(15)19-13/h5-6,8-9,16H,2-4,7H2,1H3,(H2,15,17,19)/t9-/m0/s1. The van der Waals surface area contributed by atoms with Crippen LogP contribution in [0.3, 0.4) is 0 Å². The van der Waals surface area contributed by atoms with Gasteiger partial charge in [0.1, 0.15) is 0 Å². The van der Waals surface area contributed by atoms with Gasteiger partial charge >= 0.3 is 0 Å². The number of nitrogens with two attached hydrogens (primary N) is 1. The zero-order valence-electron chi connectivity index (χ0n) is 11.8. The first-order valence-corrected chi connectivity index (χ1v) is 6.91. The molecule has 0 radical (unpaired) electrons. The molecule has 3 rings (SSSR count). The number of anilines is 3. The van der Waals surface area contributed by atoms with E-state index in [1.165, 1.54) is 0 Å². The summed E-state index contributed by atoms with van der Waals surface area (Å²) in [5.41, 5.74) is 6.42. The van der Waals surface area contributed by atoms with Gasteiger partial charge in [-0.3, -0.25) is 4.68 Å². The summed E-state index contributed by atoms with van der Waals surface area (Å²) in [5.74, 6) is -0.368. The predicted molar refractivity (Wildman–Crippen MR) is 77.6 cm³/mol. The van der Waals surface area contributed by atoms with Crippen molar-refractivity contribution in [3.05, 3.63) is 24.4 Å². The molecule has 1 aliphatic heterocycles. The van der Waals surface area contributed by atoms with E-state index in [-0.39, 0.29) is 5.82 Å². The van der Waals surface area contributed by atoms with Crippen LogP contribution in [0.2, 0.25) is 0 Å². The Kier molecular flexibility index (Phi) is 3.70. The number of nitrogens with one attached hydrogen (secondary N) is 1. The molecule has 7 nitrogen and oxygen atoms in total. The van der Waals surface area contributed by atoms with Crippen LogP contribution in [0.1, 0.15) is 12.8 Å². The fourth-order valence-electron chi connectivity index (χ4n) is 2.48. The molecule has 2 aromatic rings. The van der Waals surface area contributed by atoms with Gasteiger partial charge in [0.2, 0.25) is 5.95 Å². The highest BCUT2D eigenvalue weighted by Gasteiger charge is 2.22. The average Bonchev–Trinajstić information content (AvgIpc) is 3.11. The van der Waals surface area contributed by atoms with Crippen LogP contribution in [0.4, 0.5) is 21.8 Å². The van der Waals surface area contributed by atoms with E-state index in [0.29, 0.717) is 18.5 Å². The molecule has 0 saturated carbocycles. The highest BCUT2D eigenvalue weighted by atomic mass is 19.1. The van der Waals surface area contributed by atoms with Crippen LogP contribution >= 0.6 is 0 Å². The van der Waals surface area contributed by atoms with E-state index in [4.69, 9.17) is 5.73 Å². The van der Waals surface area contributed by atoms with Crippen LogP contribution in [-0.4, -0.2) is 38.9 Å². The van der Waals surface area contributed by atoms with Crippen LogP contribution < -0.4 is 16.0 Å². The highest BCUT2D eigenvalue weighted by molar-refractivity contribution is 5.56. The molecule has 3 N–H and O–H groups in total. The number of hydrogen-bond donors (Lipinski definition) is 2. The van der Waals surface area contributed by atoms with Crippen LogP contribution in [0.15, 0.2) is 18.6 Å². The Morgan fingerprint density at radius 1 is 1.52 bits per heavy atom. The number of nitrogen functional groups attached to an aromatic ring is 1. The molecule has 8 heteroatoms. The lowest BCUT2D eigenvalue weighted by Crippen LogP contribution is -2.35. The van der Waals surface area contributed by atoms with Crippen molar-refractivity contribution in [1.29, 1.82) is 0 Å². The molecular weight excluding hydrogens is 273 g/mol. The summed E-state index contributed by atoms with van der Waals surface area (Å²) in [5, 5.41) is 7.60. The van der Waals surface area contributed by atoms with E-state index in [1.807, 2.05) is 18.1 Å². The average molecular weight is 291 g/mol. The molecule has 1 atom stereocenters. The van der Waals surface area contributed by atoms with Crippen molar-refractivity contribution in [3.8, 4) is 0 Å². The van der Waals surface area contributed by atoms with Crippen LogP contribution in [0.5, 0.6) is 0 Å². The van der Waals surface area contributed by atoms with Gasteiger partial charge in [-0.05, 0) is 19.4 Å². The minimum Gasteiger partial charge on any atom is -0.381 e. The lowest BCUT2D eigenvalue weighted by molar-refractivity contribution is 0.597. The maximum atomic E-state index is 13.3. The summed E-state index contributed by atoms with van der Waals surface area (Å²) in [4.78, 5) is 10.0. The Morgan fingerprint density at radius 2 is 2.38 bits per heavy atom. The quantitative estimate of drug-likeness (QED) is 0.867. The van der Waals surface area contributed by atoms with E-state index in [9.17, 15) is 4.39 Å². The minimum atomic E-state index is -0.608. The molecule has 0 aromatic carbocycles. The molecule has 1 fully saturated rings. The molecule has 2 aromatic heterocycles. The van der Waals surface area contributed by atoms with Crippen LogP contribution in [-0.2, 0) is 7.05 Å². The first kappa shape index (κ1) is 13.7. The highest BCUT2D eigenvalue weighted by Crippen LogP contribution is 2.24. The summed E-state index contributed by atoms with van der Waals surface area (Å²) in [7, 11) is 1.84. The zero-order chi connectivity index (χ0) is 14.8. The topological polar surface area (TPSA) is 84.9 Å². The zero-order valence-corrected chi connectivity index (χ0v) is 11.8. The molecule has 3 heterocycles. The normalized spacial score (nSPS) is 18.1. The summed E-state index contributed by atoms with van der Waals surface area (Å²) >= 11 is 0. The Labute approximate surface area is 122 Å². The second-order valence-corrected chi connectivity index (χ2v) is 5.18. The van der Waals surface area contributed by atoms with Crippen molar-refractivity contribution in [2.45, 2.75) is 18.9 Å². The van der Waals surface area contributed by atoms with Crippen molar-refractivity contribution in [1.82, 2.24) is 25.1 Å². The molecule has 0 bridgehead atoms. The summed E-state index contributed by atoms with van der Waals surface area (Å²) in [6, 6.07) is 0.347. The maximum absolute atomic E-state index is 13.3. The SMILES string of the molecule is Cn1cc(N(C[C@@H]2CCCN2)c2ncc(F)c(N)n2)cn1. The van der Waals surface area contributed by atoms with Crippen molar-refractivity contribution in [2.75, 3.05) is 23.7 Å². The molecule has 21 heavy (non-hydrogen) atoms.